The fourth-order valence-electron chi connectivity index (χ4n) is 5.90. The summed E-state index contributed by atoms with van der Waals surface area (Å²) in [6.45, 7) is 4.28. The molecule has 1 aliphatic heterocycles. The monoisotopic (exact) mass is 591 g/mol. The van der Waals surface area contributed by atoms with Gasteiger partial charge in [0, 0.05) is 40.1 Å². The standard InChI is InChI=1S/C34H30BrN3O2/c1-21-15-17-24(18-16-21)31-30(28-13-6-7-14-29(28)37(31)3)32-26-11-4-5-12-27(26)34(40)38(32)22(2)33(39)36-20-23-9-8-10-25(35)19-23/h4-19,22,32H,20H2,1-3H3,(H,36,39). The first-order valence-corrected chi connectivity index (χ1v) is 14.2. The summed E-state index contributed by atoms with van der Waals surface area (Å²) in [4.78, 5) is 29.4. The molecule has 1 aliphatic rings. The maximum Gasteiger partial charge on any atom is 0.255 e. The quantitative estimate of drug-likeness (QED) is 0.227. The third-order valence-corrected chi connectivity index (χ3v) is 8.39. The summed E-state index contributed by atoms with van der Waals surface area (Å²) in [6, 6.07) is 31.3. The number of carbonyl (C=O) groups excluding carboxylic acids is 2. The van der Waals surface area contributed by atoms with E-state index in [0.29, 0.717) is 12.1 Å². The fraction of sp³-hybridized carbons (Fsp3) is 0.176. The highest BCUT2D eigenvalue weighted by Gasteiger charge is 2.44. The molecule has 0 radical (unpaired) electrons. The molecule has 1 aromatic heterocycles. The van der Waals surface area contributed by atoms with Crippen LogP contribution in [0.15, 0.2) is 102 Å². The highest BCUT2D eigenvalue weighted by atomic mass is 79.9. The van der Waals surface area contributed by atoms with E-state index >= 15 is 0 Å². The van der Waals surface area contributed by atoms with Gasteiger partial charge in [-0.25, -0.2) is 0 Å². The molecule has 2 amide bonds. The number of para-hydroxylation sites is 1. The number of nitrogens with zero attached hydrogens (tertiary/aromatic N) is 2. The average Bonchev–Trinajstić information content (AvgIpc) is 3.42. The van der Waals surface area contributed by atoms with Crippen molar-refractivity contribution in [1.29, 1.82) is 0 Å². The van der Waals surface area contributed by atoms with Crippen molar-refractivity contribution >= 4 is 38.6 Å². The maximum atomic E-state index is 14.0. The number of hydrogen-bond acceptors (Lipinski definition) is 2. The molecular formula is C34H30BrN3O2. The predicted molar refractivity (Wildman–Crippen MR) is 163 cm³/mol. The SMILES string of the molecule is Cc1ccc(-c2c(C3c4ccccc4C(=O)N3C(C)C(=O)NCc3cccc(Br)c3)c3ccccc3n2C)cc1. The van der Waals surface area contributed by atoms with Crippen LogP contribution in [-0.4, -0.2) is 27.3 Å². The number of aromatic nitrogens is 1. The summed E-state index contributed by atoms with van der Waals surface area (Å²) in [6.07, 6.45) is 0. The highest BCUT2D eigenvalue weighted by Crippen LogP contribution is 2.47. The molecule has 200 valence electrons. The molecule has 0 spiro atoms. The number of aryl methyl sites for hydroxylation is 2. The Hall–Kier alpha value is -4.16. The summed E-state index contributed by atoms with van der Waals surface area (Å²) in [5, 5.41) is 4.13. The molecule has 6 rings (SSSR count). The van der Waals surface area contributed by atoms with Gasteiger partial charge >= 0.3 is 0 Å². The van der Waals surface area contributed by atoms with Gasteiger partial charge in [0.05, 0.1) is 11.7 Å². The topological polar surface area (TPSA) is 54.3 Å². The number of carbonyl (C=O) groups is 2. The lowest BCUT2D eigenvalue weighted by Crippen LogP contribution is -2.46. The Morgan fingerprint density at radius 2 is 1.68 bits per heavy atom. The Bertz CT molecular complexity index is 1760. The van der Waals surface area contributed by atoms with Crippen LogP contribution in [-0.2, 0) is 18.4 Å². The van der Waals surface area contributed by atoms with Crippen LogP contribution < -0.4 is 5.32 Å². The van der Waals surface area contributed by atoms with E-state index in [2.05, 4.69) is 76.2 Å². The molecule has 0 saturated heterocycles. The van der Waals surface area contributed by atoms with E-state index in [1.54, 1.807) is 4.90 Å². The van der Waals surface area contributed by atoms with E-state index in [4.69, 9.17) is 0 Å². The Morgan fingerprint density at radius 3 is 2.45 bits per heavy atom. The second kappa shape index (κ2) is 10.4. The van der Waals surface area contributed by atoms with Gasteiger partial charge in [0.2, 0.25) is 5.91 Å². The minimum Gasteiger partial charge on any atom is -0.350 e. The van der Waals surface area contributed by atoms with E-state index in [0.717, 1.165) is 43.3 Å². The van der Waals surface area contributed by atoms with Gasteiger partial charge in [0.1, 0.15) is 6.04 Å². The van der Waals surface area contributed by atoms with Crippen LogP contribution in [0.25, 0.3) is 22.2 Å². The zero-order valence-electron chi connectivity index (χ0n) is 22.7. The molecule has 5 aromatic rings. The predicted octanol–water partition coefficient (Wildman–Crippen LogP) is 7.17. The number of fused-ring (bicyclic) bond motifs is 2. The Labute approximate surface area is 242 Å². The van der Waals surface area contributed by atoms with Crippen molar-refractivity contribution < 1.29 is 9.59 Å². The van der Waals surface area contributed by atoms with Gasteiger partial charge in [-0.15, -0.1) is 0 Å². The smallest absolute Gasteiger partial charge is 0.255 e. The Morgan fingerprint density at radius 1 is 0.950 bits per heavy atom. The number of rotatable bonds is 6. The summed E-state index contributed by atoms with van der Waals surface area (Å²) in [5.41, 5.74) is 7.96. The number of halogens is 1. The molecule has 2 atom stereocenters. The van der Waals surface area contributed by atoms with Crippen LogP contribution in [0.3, 0.4) is 0 Å². The molecule has 0 fully saturated rings. The molecule has 1 N–H and O–H groups in total. The van der Waals surface area contributed by atoms with Crippen molar-refractivity contribution in [3.63, 3.8) is 0 Å². The first kappa shape index (κ1) is 26.1. The number of nitrogens with one attached hydrogen (secondary N) is 1. The maximum absolute atomic E-state index is 14.0. The van der Waals surface area contributed by atoms with Crippen molar-refractivity contribution in [3.05, 3.63) is 129 Å². The summed E-state index contributed by atoms with van der Waals surface area (Å²) < 4.78 is 3.16. The van der Waals surface area contributed by atoms with Crippen LogP contribution in [0.2, 0.25) is 0 Å². The van der Waals surface area contributed by atoms with Crippen molar-refractivity contribution in [2.24, 2.45) is 7.05 Å². The molecule has 2 heterocycles. The van der Waals surface area contributed by atoms with Gasteiger partial charge in [0.25, 0.3) is 5.91 Å². The molecule has 40 heavy (non-hydrogen) atoms. The molecule has 0 aliphatic carbocycles. The van der Waals surface area contributed by atoms with E-state index in [1.165, 1.54) is 5.56 Å². The van der Waals surface area contributed by atoms with Crippen LogP contribution in [0.1, 0.15) is 45.6 Å². The minimum absolute atomic E-state index is 0.131. The van der Waals surface area contributed by atoms with Crippen LogP contribution in [0.4, 0.5) is 0 Å². The van der Waals surface area contributed by atoms with Crippen molar-refractivity contribution in [1.82, 2.24) is 14.8 Å². The van der Waals surface area contributed by atoms with Crippen LogP contribution >= 0.6 is 15.9 Å². The van der Waals surface area contributed by atoms with E-state index in [-0.39, 0.29) is 11.8 Å². The fourth-order valence-corrected chi connectivity index (χ4v) is 6.35. The summed E-state index contributed by atoms with van der Waals surface area (Å²) in [5.74, 6) is -0.322. The third kappa shape index (κ3) is 4.42. The zero-order valence-corrected chi connectivity index (χ0v) is 24.3. The van der Waals surface area contributed by atoms with E-state index in [1.807, 2.05) is 67.6 Å². The van der Waals surface area contributed by atoms with Gasteiger partial charge in [-0.1, -0.05) is 94.3 Å². The first-order chi connectivity index (χ1) is 19.3. The lowest BCUT2D eigenvalue weighted by atomic mass is 9.92. The lowest BCUT2D eigenvalue weighted by molar-refractivity contribution is -0.125. The molecule has 5 nitrogen and oxygen atoms in total. The minimum atomic E-state index is -0.693. The Balaban J connectivity index is 1.48. The first-order valence-electron chi connectivity index (χ1n) is 13.4. The van der Waals surface area contributed by atoms with E-state index in [9.17, 15) is 9.59 Å². The average molecular weight is 593 g/mol. The number of benzene rings is 4. The molecule has 4 aromatic carbocycles. The summed E-state index contributed by atoms with van der Waals surface area (Å²) in [7, 11) is 2.07. The van der Waals surface area contributed by atoms with Gasteiger partial charge in [-0.3, -0.25) is 9.59 Å². The molecular weight excluding hydrogens is 562 g/mol. The highest BCUT2D eigenvalue weighted by molar-refractivity contribution is 9.10. The largest absolute Gasteiger partial charge is 0.350 e. The molecule has 2 unspecified atom stereocenters. The van der Waals surface area contributed by atoms with Crippen LogP contribution in [0, 0.1) is 6.92 Å². The van der Waals surface area contributed by atoms with Gasteiger partial charge < -0.3 is 14.8 Å². The molecule has 6 heteroatoms. The number of amides is 2. The van der Waals surface area contributed by atoms with Crippen molar-refractivity contribution in [3.8, 4) is 11.3 Å². The number of hydrogen-bond donors (Lipinski definition) is 1. The van der Waals surface area contributed by atoms with Crippen molar-refractivity contribution in [2.75, 3.05) is 0 Å². The lowest BCUT2D eigenvalue weighted by Gasteiger charge is -2.31. The third-order valence-electron chi connectivity index (χ3n) is 7.90. The van der Waals surface area contributed by atoms with E-state index < -0.39 is 12.1 Å². The van der Waals surface area contributed by atoms with Gasteiger partial charge in [0.15, 0.2) is 0 Å². The summed E-state index contributed by atoms with van der Waals surface area (Å²) >= 11 is 3.49. The molecule has 0 saturated carbocycles. The molecule has 0 bridgehead atoms. The normalized spacial score (nSPS) is 15.3. The zero-order chi connectivity index (χ0) is 28.0. The Kier molecular flexibility index (Phi) is 6.80. The van der Waals surface area contributed by atoms with Gasteiger partial charge in [-0.2, -0.15) is 0 Å². The van der Waals surface area contributed by atoms with Gasteiger partial charge in [-0.05, 0) is 54.8 Å². The van der Waals surface area contributed by atoms with Crippen molar-refractivity contribution in [2.45, 2.75) is 32.5 Å². The second-order valence-electron chi connectivity index (χ2n) is 10.4. The van der Waals surface area contributed by atoms with Crippen LogP contribution in [0.5, 0.6) is 0 Å². The second-order valence-corrected chi connectivity index (χ2v) is 11.3.